The van der Waals surface area contributed by atoms with Crippen molar-refractivity contribution in [1.82, 2.24) is 19.5 Å². The van der Waals surface area contributed by atoms with Gasteiger partial charge in [-0.1, -0.05) is 30.3 Å². The maximum Gasteiger partial charge on any atom is 0.411 e. The van der Waals surface area contributed by atoms with E-state index in [1.54, 1.807) is 15.5 Å². The molecule has 2 N–H and O–H groups in total. The summed E-state index contributed by atoms with van der Waals surface area (Å²) in [5.41, 5.74) is 7.58. The number of aromatic nitrogens is 3. The van der Waals surface area contributed by atoms with Crippen LogP contribution < -0.4 is 5.73 Å². The number of likely N-dealkylation sites (tertiary alicyclic amines) is 1. The average molecular weight is 521 g/mol. The molecule has 4 heterocycles. The maximum atomic E-state index is 13.8. The highest BCUT2D eigenvalue weighted by Crippen LogP contribution is 2.48. The lowest BCUT2D eigenvalue weighted by Gasteiger charge is -2.35. The van der Waals surface area contributed by atoms with Gasteiger partial charge in [-0.3, -0.25) is 4.90 Å². The number of nitrogens with zero attached hydrogens (tertiary/aromatic N) is 5. The lowest BCUT2D eigenvalue weighted by Crippen LogP contribution is -2.47. The lowest BCUT2D eigenvalue weighted by atomic mass is 10.1. The van der Waals surface area contributed by atoms with Gasteiger partial charge in [0.1, 0.15) is 41.8 Å². The zero-order chi connectivity index (χ0) is 27.2. The first kappa shape index (κ1) is 25.9. The van der Waals surface area contributed by atoms with Crippen molar-refractivity contribution < 1.29 is 23.7 Å². The number of nitrogens with two attached hydrogens (primary N) is 1. The molecule has 5 rings (SSSR count). The molecule has 11 nitrogen and oxygen atoms in total. The normalized spacial score (nSPS) is 24.4. The number of carbonyl (C=O) groups excluding carboxylic acids is 1. The molecule has 0 radical (unpaired) electrons. The highest BCUT2D eigenvalue weighted by molar-refractivity contribution is 5.76. The van der Waals surface area contributed by atoms with Crippen molar-refractivity contribution in [3.63, 3.8) is 0 Å². The Morgan fingerprint density at radius 3 is 2.61 bits per heavy atom. The molecule has 200 valence electrons. The molecular formula is C27H32N6O5. The third-order valence-corrected chi connectivity index (χ3v) is 6.55. The molecule has 2 aromatic heterocycles. The SMILES string of the molecule is CC(C)(C)OC(=O)N1[C@H](COCc2ccccc2)[C@H]2OC(C)(C)O[C@H]2[C@@H]1c1cc(C#N)c2c(N)ncnn12. The summed E-state index contributed by atoms with van der Waals surface area (Å²) >= 11 is 0. The van der Waals surface area contributed by atoms with Crippen LogP contribution >= 0.6 is 0 Å². The first-order chi connectivity index (χ1) is 18.0. The summed E-state index contributed by atoms with van der Waals surface area (Å²) in [6.45, 7) is 9.63. The number of hydrogen-bond acceptors (Lipinski definition) is 9. The standard InChI is InChI=1S/C27H32N6O5/c1-26(2,3)38-25(34)32-19(14-35-13-16-9-7-6-8-10-16)22-23(37-27(4,5)36-22)21(32)18-11-17(12-28)20-24(29)30-15-31-33(18)20/h6-11,15,19,21-23H,13-14H2,1-5H3,(H2,29,30,31)/t19-,21+,22-,23+/m1/s1. The lowest BCUT2D eigenvalue weighted by molar-refractivity contribution is -0.170. The van der Waals surface area contributed by atoms with Gasteiger partial charge in [0.25, 0.3) is 0 Å². The van der Waals surface area contributed by atoms with Crippen molar-refractivity contribution in [1.29, 1.82) is 5.26 Å². The Hall–Kier alpha value is -3.72. The van der Waals surface area contributed by atoms with Crippen LogP contribution in [0.4, 0.5) is 10.6 Å². The topological polar surface area (TPSA) is 137 Å². The summed E-state index contributed by atoms with van der Waals surface area (Å²) in [5.74, 6) is -0.738. The quantitative estimate of drug-likeness (QED) is 0.535. The van der Waals surface area contributed by atoms with Gasteiger partial charge in [-0.15, -0.1) is 0 Å². The van der Waals surface area contributed by atoms with E-state index >= 15 is 0 Å². The Bertz CT molecular complexity index is 1380. The molecule has 3 aromatic rings. The Labute approximate surface area is 221 Å². The van der Waals surface area contributed by atoms with Gasteiger partial charge in [0.05, 0.1) is 30.5 Å². The van der Waals surface area contributed by atoms with Crippen LogP contribution in [0.15, 0.2) is 42.7 Å². The van der Waals surface area contributed by atoms with E-state index in [0.717, 1.165) is 5.56 Å². The molecule has 0 saturated carbocycles. The third kappa shape index (κ3) is 4.78. The molecule has 38 heavy (non-hydrogen) atoms. The van der Waals surface area contributed by atoms with Crippen LogP contribution in [0.1, 0.15) is 57.5 Å². The van der Waals surface area contributed by atoms with Crippen LogP contribution in [0.5, 0.6) is 0 Å². The minimum absolute atomic E-state index is 0.160. The number of hydrogen-bond donors (Lipinski definition) is 1. The van der Waals surface area contributed by atoms with Crippen molar-refractivity contribution >= 4 is 17.4 Å². The first-order valence-electron chi connectivity index (χ1n) is 12.5. The fourth-order valence-corrected chi connectivity index (χ4v) is 5.19. The molecule has 4 atom stereocenters. The van der Waals surface area contributed by atoms with Gasteiger partial charge < -0.3 is 24.7 Å². The number of amides is 1. The minimum Gasteiger partial charge on any atom is -0.444 e. The summed E-state index contributed by atoms with van der Waals surface area (Å²) in [6.07, 6.45) is -0.337. The summed E-state index contributed by atoms with van der Waals surface area (Å²) < 4.78 is 26.2. The molecule has 1 aromatic carbocycles. The molecular weight excluding hydrogens is 488 g/mol. The second-order valence-corrected chi connectivity index (χ2v) is 11.0. The van der Waals surface area contributed by atoms with Gasteiger partial charge in [0.2, 0.25) is 0 Å². The highest BCUT2D eigenvalue weighted by Gasteiger charge is 2.61. The number of nitriles is 1. The van der Waals surface area contributed by atoms with Gasteiger partial charge in [-0.25, -0.2) is 14.3 Å². The zero-order valence-electron chi connectivity index (χ0n) is 22.1. The van der Waals surface area contributed by atoms with Crippen molar-refractivity contribution in [2.45, 2.75) is 76.9 Å². The fourth-order valence-electron chi connectivity index (χ4n) is 5.19. The number of rotatable bonds is 5. The van der Waals surface area contributed by atoms with Gasteiger partial charge >= 0.3 is 6.09 Å². The fraction of sp³-hybridized carbons (Fsp3) is 0.481. The van der Waals surface area contributed by atoms with Crippen LogP contribution in [-0.4, -0.2) is 61.8 Å². The van der Waals surface area contributed by atoms with E-state index in [1.807, 2.05) is 65.0 Å². The molecule has 0 spiro atoms. The van der Waals surface area contributed by atoms with Crippen LogP contribution in [0, 0.1) is 11.3 Å². The molecule has 2 fully saturated rings. The molecule has 11 heteroatoms. The Balaban J connectivity index is 1.58. The summed E-state index contributed by atoms with van der Waals surface area (Å²) in [6, 6.07) is 12.4. The average Bonchev–Trinajstić information content (AvgIpc) is 3.46. The second kappa shape index (κ2) is 9.54. The zero-order valence-corrected chi connectivity index (χ0v) is 22.1. The second-order valence-electron chi connectivity index (χ2n) is 11.0. The van der Waals surface area contributed by atoms with E-state index in [0.29, 0.717) is 23.4 Å². The Morgan fingerprint density at radius 2 is 1.92 bits per heavy atom. The molecule has 2 saturated heterocycles. The largest absolute Gasteiger partial charge is 0.444 e. The Kier molecular flexibility index (Phi) is 6.51. The monoisotopic (exact) mass is 520 g/mol. The number of nitrogen functional groups attached to an aromatic ring is 1. The highest BCUT2D eigenvalue weighted by atomic mass is 16.8. The molecule has 1 amide bonds. The van der Waals surface area contributed by atoms with Crippen molar-refractivity contribution in [3.8, 4) is 6.07 Å². The molecule has 0 bridgehead atoms. The maximum absolute atomic E-state index is 13.8. The van der Waals surface area contributed by atoms with E-state index in [2.05, 4.69) is 16.2 Å². The van der Waals surface area contributed by atoms with Crippen LogP contribution in [-0.2, 0) is 25.6 Å². The number of benzene rings is 1. The van der Waals surface area contributed by atoms with Crippen molar-refractivity contribution in [3.05, 3.63) is 59.5 Å². The molecule has 0 unspecified atom stereocenters. The summed E-state index contributed by atoms with van der Waals surface area (Å²) in [7, 11) is 0. The number of ether oxygens (including phenoxy) is 4. The summed E-state index contributed by atoms with van der Waals surface area (Å²) in [5, 5.41) is 14.2. The minimum atomic E-state index is -0.898. The van der Waals surface area contributed by atoms with Gasteiger partial charge in [0, 0.05) is 0 Å². The van der Waals surface area contributed by atoms with E-state index in [4.69, 9.17) is 24.7 Å². The number of carbonyl (C=O) groups is 1. The molecule has 2 aliphatic rings. The predicted octanol–water partition coefficient (Wildman–Crippen LogP) is 3.58. The van der Waals surface area contributed by atoms with E-state index in [1.165, 1.54) is 6.33 Å². The summed E-state index contributed by atoms with van der Waals surface area (Å²) in [4.78, 5) is 19.4. The van der Waals surface area contributed by atoms with E-state index in [-0.39, 0.29) is 12.4 Å². The van der Waals surface area contributed by atoms with Gasteiger partial charge in [-0.05, 0) is 46.2 Å². The van der Waals surface area contributed by atoms with Crippen molar-refractivity contribution in [2.24, 2.45) is 0 Å². The predicted molar refractivity (Wildman–Crippen MR) is 137 cm³/mol. The Morgan fingerprint density at radius 1 is 1.21 bits per heavy atom. The van der Waals surface area contributed by atoms with E-state index < -0.39 is 41.8 Å². The van der Waals surface area contributed by atoms with Gasteiger partial charge in [0.15, 0.2) is 11.6 Å². The van der Waals surface area contributed by atoms with Crippen LogP contribution in [0.2, 0.25) is 0 Å². The number of fused-ring (bicyclic) bond motifs is 2. The van der Waals surface area contributed by atoms with Crippen molar-refractivity contribution in [2.75, 3.05) is 12.3 Å². The third-order valence-electron chi connectivity index (χ3n) is 6.55. The van der Waals surface area contributed by atoms with Crippen LogP contribution in [0.25, 0.3) is 5.52 Å². The molecule has 0 aliphatic carbocycles. The van der Waals surface area contributed by atoms with E-state index in [9.17, 15) is 10.1 Å². The number of anilines is 1. The van der Waals surface area contributed by atoms with Crippen LogP contribution in [0.3, 0.4) is 0 Å². The first-order valence-corrected chi connectivity index (χ1v) is 12.5. The molecule has 2 aliphatic heterocycles. The van der Waals surface area contributed by atoms with Gasteiger partial charge in [-0.2, -0.15) is 10.4 Å². The smallest absolute Gasteiger partial charge is 0.411 e.